The van der Waals surface area contributed by atoms with Crippen LogP contribution in [0.15, 0.2) is 29.5 Å². The summed E-state index contributed by atoms with van der Waals surface area (Å²) in [5.41, 5.74) is -0.213. The monoisotopic (exact) mass is 370 g/mol. The van der Waals surface area contributed by atoms with Crippen LogP contribution in [-0.4, -0.2) is 30.0 Å². The number of amides is 1. The summed E-state index contributed by atoms with van der Waals surface area (Å²) in [4.78, 5) is 34.6. The van der Waals surface area contributed by atoms with Crippen LogP contribution in [-0.2, 0) is 14.3 Å². The van der Waals surface area contributed by atoms with Crippen LogP contribution < -0.4 is 10.1 Å². The molecule has 1 aliphatic rings. The van der Waals surface area contributed by atoms with Crippen LogP contribution in [0, 0.1) is 10.1 Å². The summed E-state index contributed by atoms with van der Waals surface area (Å²) in [6.07, 6.45) is -0.272. The van der Waals surface area contributed by atoms with Crippen molar-refractivity contribution in [1.29, 1.82) is 0 Å². The molecule has 0 saturated heterocycles. The first kappa shape index (κ1) is 19.3. The van der Waals surface area contributed by atoms with E-state index in [-0.39, 0.29) is 41.3 Å². The molecule has 0 unspecified atom stereocenters. The first-order chi connectivity index (χ1) is 12.2. The lowest BCUT2D eigenvalue weighted by Crippen LogP contribution is -2.34. The van der Waals surface area contributed by atoms with Crippen LogP contribution in [0.2, 0.25) is 0 Å². The molecule has 2 rings (SSSR count). The third-order valence-corrected chi connectivity index (χ3v) is 3.76. The normalized spacial score (nSPS) is 17.1. The van der Waals surface area contributed by atoms with E-state index in [1.807, 2.05) is 0 Å². The fourth-order valence-electron chi connectivity index (χ4n) is 2.77. The number of ether oxygens (including phenoxy) is 2. The lowest BCUT2D eigenvalue weighted by atomic mass is 9.83. The maximum Gasteiger partial charge on any atom is 0.387 e. The van der Waals surface area contributed by atoms with Crippen LogP contribution in [0.3, 0.4) is 0 Å². The van der Waals surface area contributed by atoms with Gasteiger partial charge in [-0.3, -0.25) is 14.9 Å². The van der Waals surface area contributed by atoms with Gasteiger partial charge < -0.3 is 14.8 Å². The van der Waals surface area contributed by atoms with E-state index in [0.29, 0.717) is 0 Å². The summed E-state index contributed by atoms with van der Waals surface area (Å²) >= 11 is 0. The smallest absolute Gasteiger partial charge is 0.387 e. The van der Waals surface area contributed by atoms with E-state index in [9.17, 15) is 28.5 Å². The maximum absolute atomic E-state index is 12.7. The number of non-ortho nitro benzene ring substituents is 1. The van der Waals surface area contributed by atoms with E-state index in [4.69, 9.17) is 4.74 Å². The van der Waals surface area contributed by atoms with Gasteiger partial charge >= 0.3 is 12.6 Å². The number of carbonyl (C=O) groups excluding carboxylic acids is 2. The third kappa shape index (κ3) is 4.13. The Morgan fingerprint density at radius 3 is 2.73 bits per heavy atom. The molecule has 140 valence electrons. The molecule has 0 fully saturated rings. The van der Waals surface area contributed by atoms with Gasteiger partial charge in [-0.15, -0.1) is 0 Å². The van der Waals surface area contributed by atoms with Crippen LogP contribution >= 0.6 is 0 Å². The number of benzene rings is 1. The zero-order chi connectivity index (χ0) is 19.4. The molecule has 10 heteroatoms. The van der Waals surface area contributed by atoms with Crippen molar-refractivity contribution in [3.05, 3.63) is 45.1 Å². The van der Waals surface area contributed by atoms with Gasteiger partial charge in [-0.2, -0.15) is 8.78 Å². The zero-order valence-electron chi connectivity index (χ0n) is 14.0. The van der Waals surface area contributed by atoms with Gasteiger partial charge in [-0.25, -0.2) is 4.79 Å². The number of nitrogens with zero attached hydrogens (tertiary/aromatic N) is 1. The summed E-state index contributed by atoms with van der Waals surface area (Å²) in [6, 6.07) is 3.04. The minimum atomic E-state index is -3.18. The molecule has 1 heterocycles. The van der Waals surface area contributed by atoms with E-state index in [1.165, 1.54) is 6.92 Å². The van der Waals surface area contributed by atoms with Crippen molar-refractivity contribution in [3.8, 4) is 5.75 Å². The second kappa shape index (κ2) is 7.89. The molecule has 0 bridgehead atoms. The number of nitro groups is 1. The van der Waals surface area contributed by atoms with Crippen molar-refractivity contribution in [2.45, 2.75) is 32.8 Å². The molecule has 1 aliphatic heterocycles. The highest BCUT2D eigenvalue weighted by atomic mass is 19.3. The Bertz CT molecular complexity index is 778. The molecule has 0 aromatic heterocycles. The van der Waals surface area contributed by atoms with Gasteiger partial charge in [0.05, 0.1) is 17.1 Å². The average Bonchev–Trinajstić information content (AvgIpc) is 2.53. The van der Waals surface area contributed by atoms with Crippen LogP contribution in [0.1, 0.15) is 31.7 Å². The van der Waals surface area contributed by atoms with E-state index in [2.05, 4.69) is 10.1 Å². The molecule has 1 aromatic rings. The molecular formula is C16H16F2N2O6. The lowest BCUT2D eigenvalue weighted by Gasteiger charge is -2.27. The fraction of sp³-hybridized carbons (Fsp3) is 0.375. The highest BCUT2D eigenvalue weighted by Gasteiger charge is 2.35. The minimum Gasteiger partial charge on any atom is -0.463 e. The first-order valence-corrected chi connectivity index (χ1v) is 7.65. The van der Waals surface area contributed by atoms with Crippen molar-refractivity contribution < 1.29 is 32.8 Å². The van der Waals surface area contributed by atoms with Gasteiger partial charge in [0.1, 0.15) is 5.75 Å². The number of nitro benzene ring substituents is 1. The largest absolute Gasteiger partial charge is 0.463 e. The highest BCUT2D eigenvalue weighted by Crippen LogP contribution is 2.40. The molecular weight excluding hydrogens is 354 g/mol. The Hall–Kier alpha value is -3.04. The van der Waals surface area contributed by atoms with Gasteiger partial charge in [0.15, 0.2) is 0 Å². The summed E-state index contributed by atoms with van der Waals surface area (Å²) in [7, 11) is 0. The maximum atomic E-state index is 12.7. The van der Waals surface area contributed by atoms with Crippen LogP contribution in [0.5, 0.6) is 5.75 Å². The van der Waals surface area contributed by atoms with Gasteiger partial charge in [-0.05, 0) is 19.9 Å². The SMILES string of the molecule is CCOC(=O)C1=C(C)NC(=O)C[C@H]1c1cc([N+](=O)[O-])ccc1OC(F)F. The number of hydrogen-bond acceptors (Lipinski definition) is 6. The number of hydrogen-bond donors (Lipinski definition) is 1. The van der Waals surface area contributed by atoms with Crippen LogP contribution in [0.25, 0.3) is 0 Å². The second-order valence-electron chi connectivity index (χ2n) is 5.42. The summed E-state index contributed by atoms with van der Waals surface area (Å²) in [6.45, 7) is -0.0701. The van der Waals surface area contributed by atoms with E-state index in [0.717, 1.165) is 18.2 Å². The Labute approximate surface area is 146 Å². The van der Waals surface area contributed by atoms with Gasteiger partial charge in [0.25, 0.3) is 5.69 Å². The number of allylic oxidation sites excluding steroid dienone is 1. The van der Waals surface area contributed by atoms with Crippen molar-refractivity contribution >= 4 is 17.6 Å². The third-order valence-electron chi connectivity index (χ3n) is 3.76. The Kier molecular flexibility index (Phi) is 5.86. The predicted octanol–water partition coefficient (Wildman–Crippen LogP) is 2.64. The van der Waals surface area contributed by atoms with E-state index < -0.39 is 29.3 Å². The molecule has 0 spiro atoms. The standard InChI is InChI=1S/C16H16F2N2O6/c1-3-25-15(22)14-8(2)19-13(21)7-11(14)10-6-9(20(23)24)4-5-12(10)26-16(17)18/h4-6,11,16H,3,7H2,1-2H3,(H,19,21)/t11-/m0/s1. The highest BCUT2D eigenvalue weighted by molar-refractivity contribution is 5.96. The number of nitrogens with one attached hydrogen (secondary N) is 1. The predicted molar refractivity (Wildman–Crippen MR) is 84.6 cm³/mol. The molecule has 26 heavy (non-hydrogen) atoms. The van der Waals surface area contributed by atoms with E-state index >= 15 is 0 Å². The van der Waals surface area contributed by atoms with Gasteiger partial charge in [-0.1, -0.05) is 0 Å². The van der Waals surface area contributed by atoms with Crippen LogP contribution in [0.4, 0.5) is 14.5 Å². The van der Waals surface area contributed by atoms with Gasteiger partial charge in [0.2, 0.25) is 5.91 Å². The lowest BCUT2D eigenvalue weighted by molar-refractivity contribution is -0.385. The molecule has 1 atom stereocenters. The molecule has 1 amide bonds. The molecule has 1 aromatic carbocycles. The summed E-state index contributed by atoms with van der Waals surface area (Å²) in [5, 5.41) is 13.5. The number of esters is 1. The summed E-state index contributed by atoms with van der Waals surface area (Å²) in [5.74, 6) is -2.57. The number of carbonyl (C=O) groups is 2. The number of halogens is 2. The first-order valence-electron chi connectivity index (χ1n) is 7.65. The van der Waals surface area contributed by atoms with Crippen molar-refractivity contribution in [2.24, 2.45) is 0 Å². The fourth-order valence-corrected chi connectivity index (χ4v) is 2.77. The molecule has 0 radical (unpaired) electrons. The Morgan fingerprint density at radius 2 is 2.15 bits per heavy atom. The molecule has 0 aliphatic carbocycles. The quantitative estimate of drug-likeness (QED) is 0.469. The minimum absolute atomic E-state index is 0.0334. The van der Waals surface area contributed by atoms with Gasteiger partial charge in [0, 0.05) is 35.7 Å². The van der Waals surface area contributed by atoms with Crippen molar-refractivity contribution in [3.63, 3.8) is 0 Å². The zero-order valence-corrected chi connectivity index (χ0v) is 14.0. The second-order valence-corrected chi connectivity index (χ2v) is 5.42. The Balaban J connectivity index is 2.62. The molecule has 0 saturated carbocycles. The summed E-state index contributed by atoms with van der Waals surface area (Å²) < 4.78 is 34.8. The van der Waals surface area contributed by atoms with Crippen molar-refractivity contribution in [2.75, 3.05) is 6.61 Å². The number of rotatable bonds is 6. The number of alkyl halides is 2. The molecule has 8 nitrogen and oxygen atoms in total. The van der Waals surface area contributed by atoms with E-state index in [1.54, 1.807) is 6.92 Å². The van der Waals surface area contributed by atoms with Crippen molar-refractivity contribution in [1.82, 2.24) is 5.32 Å². The topological polar surface area (TPSA) is 108 Å². The molecule has 1 N–H and O–H groups in total. The Morgan fingerprint density at radius 1 is 1.46 bits per heavy atom. The average molecular weight is 370 g/mol.